The lowest BCUT2D eigenvalue weighted by atomic mass is 10.4. The third kappa shape index (κ3) is 2.40. The molecule has 0 saturated carbocycles. The number of aliphatic hydroxyl groups excluding tert-OH is 1. The van der Waals surface area contributed by atoms with Gasteiger partial charge in [0, 0.05) is 13.1 Å². The van der Waals surface area contributed by atoms with Gasteiger partial charge in [-0.05, 0) is 0 Å². The van der Waals surface area contributed by atoms with Gasteiger partial charge in [-0.3, -0.25) is 9.89 Å². The number of hydrogen-bond acceptors (Lipinski definition) is 4. The number of carbonyl (C=O) groups excluding carboxylic acids is 1. The third-order valence-electron chi connectivity index (χ3n) is 1.62. The van der Waals surface area contributed by atoms with Crippen LogP contribution in [0.2, 0.25) is 0 Å². The standard InChI is InChI=1S/C8H12N4O2/c1-2-3-12(4-5-13)8(14)7-9-6-10-11-7/h2,6,13H,1,3-5H2,(H,9,10,11). The van der Waals surface area contributed by atoms with E-state index in [1.165, 1.54) is 11.2 Å². The van der Waals surface area contributed by atoms with Gasteiger partial charge in [0.25, 0.3) is 5.91 Å². The Labute approximate surface area is 81.3 Å². The minimum absolute atomic E-state index is 0.0896. The predicted molar refractivity (Wildman–Crippen MR) is 49.6 cm³/mol. The first-order chi connectivity index (χ1) is 6.79. The summed E-state index contributed by atoms with van der Waals surface area (Å²) >= 11 is 0. The number of nitrogens with zero attached hydrogens (tertiary/aromatic N) is 3. The number of carbonyl (C=O) groups is 1. The highest BCUT2D eigenvalue weighted by molar-refractivity contribution is 5.90. The largest absolute Gasteiger partial charge is 0.395 e. The minimum atomic E-state index is -0.295. The molecule has 76 valence electrons. The van der Waals surface area contributed by atoms with E-state index in [1.807, 2.05) is 0 Å². The summed E-state index contributed by atoms with van der Waals surface area (Å²) in [5.41, 5.74) is 0. The second-order valence-electron chi connectivity index (χ2n) is 2.60. The summed E-state index contributed by atoms with van der Waals surface area (Å²) in [6.07, 6.45) is 2.85. The van der Waals surface area contributed by atoms with Crippen molar-refractivity contribution in [3.8, 4) is 0 Å². The number of rotatable bonds is 5. The first-order valence-corrected chi connectivity index (χ1v) is 4.16. The SMILES string of the molecule is C=CCN(CCO)C(=O)c1ncn[nH]1. The molecular formula is C8H12N4O2. The molecule has 6 nitrogen and oxygen atoms in total. The molecule has 1 amide bonds. The highest BCUT2D eigenvalue weighted by Crippen LogP contribution is 1.97. The summed E-state index contributed by atoms with van der Waals surface area (Å²) < 4.78 is 0. The van der Waals surface area contributed by atoms with E-state index in [0.717, 1.165) is 0 Å². The zero-order valence-electron chi connectivity index (χ0n) is 7.68. The number of aromatic nitrogens is 3. The van der Waals surface area contributed by atoms with Crippen molar-refractivity contribution < 1.29 is 9.90 Å². The van der Waals surface area contributed by atoms with Crippen LogP contribution in [0.1, 0.15) is 10.6 Å². The van der Waals surface area contributed by atoms with Gasteiger partial charge in [0.15, 0.2) is 0 Å². The van der Waals surface area contributed by atoms with Crippen LogP contribution in [0.15, 0.2) is 19.0 Å². The molecule has 6 heteroatoms. The first kappa shape index (κ1) is 10.4. The molecule has 0 saturated heterocycles. The van der Waals surface area contributed by atoms with Crippen molar-refractivity contribution in [1.29, 1.82) is 0 Å². The maximum atomic E-state index is 11.6. The summed E-state index contributed by atoms with van der Waals surface area (Å²) in [6, 6.07) is 0. The molecule has 0 unspecified atom stereocenters. The number of amides is 1. The lowest BCUT2D eigenvalue weighted by Crippen LogP contribution is -2.34. The minimum Gasteiger partial charge on any atom is -0.395 e. The first-order valence-electron chi connectivity index (χ1n) is 4.16. The van der Waals surface area contributed by atoms with E-state index in [2.05, 4.69) is 21.8 Å². The van der Waals surface area contributed by atoms with Crippen LogP contribution in [0.25, 0.3) is 0 Å². The molecule has 0 aliphatic carbocycles. The van der Waals surface area contributed by atoms with Crippen LogP contribution in [0.5, 0.6) is 0 Å². The van der Waals surface area contributed by atoms with E-state index in [1.54, 1.807) is 6.08 Å². The van der Waals surface area contributed by atoms with Crippen LogP contribution in [0.4, 0.5) is 0 Å². The van der Waals surface area contributed by atoms with Gasteiger partial charge in [-0.2, -0.15) is 5.10 Å². The summed E-state index contributed by atoms with van der Waals surface area (Å²) in [6.45, 7) is 4.07. The van der Waals surface area contributed by atoms with Crippen molar-refractivity contribution in [1.82, 2.24) is 20.1 Å². The Hall–Kier alpha value is -1.69. The van der Waals surface area contributed by atoms with Crippen molar-refractivity contribution in [3.05, 3.63) is 24.8 Å². The van der Waals surface area contributed by atoms with E-state index in [-0.39, 0.29) is 24.9 Å². The molecule has 0 aromatic carbocycles. The molecule has 0 aliphatic rings. The van der Waals surface area contributed by atoms with Crippen LogP contribution < -0.4 is 0 Å². The Kier molecular flexibility index (Phi) is 3.81. The second-order valence-corrected chi connectivity index (χ2v) is 2.60. The molecule has 0 atom stereocenters. The Morgan fingerprint density at radius 1 is 1.79 bits per heavy atom. The zero-order valence-corrected chi connectivity index (χ0v) is 7.68. The summed E-state index contributed by atoms with van der Waals surface area (Å²) in [4.78, 5) is 16.8. The van der Waals surface area contributed by atoms with Crippen LogP contribution in [0, 0.1) is 0 Å². The van der Waals surface area contributed by atoms with Gasteiger partial charge in [0.1, 0.15) is 6.33 Å². The lowest BCUT2D eigenvalue weighted by Gasteiger charge is -2.17. The van der Waals surface area contributed by atoms with Crippen LogP contribution >= 0.6 is 0 Å². The maximum absolute atomic E-state index is 11.6. The number of nitrogens with one attached hydrogen (secondary N) is 1. The van der Waals surface area contributed by atoms with Crippen molar-refractivity contribution in [2.45, 2.75) is 0 Å². The van der Waals surface area contributed by atoms with Gasteiger partial charge in [-0.15, -0.1) is 6.58 Å². The van der Waals surface area contributed by atoms with Gasteiger partial charge in [-0.1, -0.05) is 6.08 Å². The van der Waals surface area contributed by atoms with Gasteiger partial charge in [0.05, 0.1) is 6.61 Å². The molecule has 2 N–H and O–H groups in total. The fraction of sp³-hybridized carbons (Fsp3) is 0.375. The van der Waals surface area contributed by atoms with Crippen LogP contribution in [-0.2, 0) is 0 Å². The predicted octanol–water partition coefficient (Wildman–Crippen LogP) is -0.575. The van der Waals surface area contributed by atoms with E-state index >= 15 is 0 Å². The van der Waals surface area contributed by atoms with Crippen LogP contribution in [-0.4, -0.2) is 50.8 Å². The Balaban J connectivity index is 2.68. The summed E-state index contributed by atoms with van der Waals surface area (Å²) in [7, 11) is 0. The molecule has 0 bridgehead atoms. The molecule has 1 heterocycles. The molecule has 0 radical (unpaired) electrons. The Morgan fingerprint density at radius 2 is 2.57 bits per heavy atom. The molecule has 0 fully saturated rings. The van der Waals surface area contributed by atoms with Crippen LogP contribution in [0.3, 0.4) is 0 Å². The highest BCUT2D eigenvalue weighted by Gasteiger charge is 2.16. The van der Waals surface area contributed by atoms with Crippen molar-refractivity contribution >= 4 is 5.91 Å². The third-order valence-corrected chi connectivity index (χ3v) is 1.62. The smallest absolute Gasteiger partial charge is 0.291 e. The highest BCUT2D eigenvalue weighted by atomic mass is 16.3. The van der Waals surface area contributed by atoms with E-state index in [0.29, 0.717) is 6.54 Å². The molecule has 1 rings (SSSR count). The average molecular weight is 196 g/mol. The number of H-pyrrole nitrogens is 1. The van der Waals surface area contributed by atoms with Crippen molar-refractivity contribution in [2.75, 3.05) is 19.7 Å². The molecule has 0 aliphatic heterocycles. The molecule has 0 spiro atoms. The van der Waals surface area contributed by atoms with Crippen molar-refractivity contribution in [3.63, 3.8) is 0 Å². The monoisotopic (exact) mass is 196 g/mol. The Morgan fingerprint density at radius 3 is 3.07 bits per heavy atom. The number of hydrogen-bond donors (Lipinski definition) is 2. The van der Waals surface area contributed by atoms with Gasteiger partial charge in [0.2, 0.25) is 5.82 Å². The van der Waals surface area contributed by atoms with Gasteiger partial charge in [-0.25, -0.2) is 4.98 Å². The number of aromatic amines is 1. The molecule has 1 aromatic heterocycles. The summed E-state index contributed by atoms with van der Waals surface area (Å²) in [5, 5.41) is 14.8. The lowest BCUT2D eigenvalue weighted by molar-refractivity contribution is 0.0731. The fourth-order valence-corrected chi connectivity index (χ4v) is 1.01. The zero-order chi connectivity index (χ0) is 10.4. The van der Waals surface area contributed by atoms with E-state index in [9.17, 15) is 4.79 Å². The fourth-order valence-electron chi connectivity index (χ4n) is 1.01. The normalized spacial score (nSPS) is 9.79. The van der Waals surface area contributed by atoms with E-state index in [4.69, 9.17) is 5.11 Å². The van der Waals surface area contributed by atoms with E-state index < -0.39 is 0 Å². The molecular weight excluding hydrogens is 184 g/mol. The topological polar surface area (TPSA) is 82.1 Å². The van der Waals surface area contributed by atoms with Gasteiger partial charge >= 0.3 is 0 Å². The maximum Gasteiger partial charge on any atom is 0.291 e. The number of aliphatic hydroxyl groups is 1. The van der Waals surface area contributed by atoms with Gasteiger partial charge < -0.3 is 10.0 Å². The molecule has 1 aromatic rings. The average Bonchev–Trinajstić information content (AvgIpc) is 2.69. The van der Waals surface area contributed by atoms with Crippen molar-refractivity contribution in [2.24, 2.45) is 0 Å². The quantitative estimate of drug-likeness (QED) is 0.617. The Bertz CT molecular complexity index is 296. The summed E-state index contributed by atoms with van der Waals surface area (Å²) in [5.74, 6) is -0.128. The molecule has 14 heavy (non-hydrogen) atoms. The second kappa shape index (κ2) is 5.13.